The number of hydrogen-bond acceptors (Lipinski definition) is 5. The first-order chi connectivity index (χ1) is 16.7. The van der Waals surface area contributed by atoms with Gasteiger partial charge in [-0.25, -0.2) is 4.79 Å². The minimum absolute atomic E-state index is 0.131. The molecule has 0 saturated carbocycles. The quantitative estimate of drug-likeness (QED) is 0.474. The second kappa shape index (κ2) is 8.45. The number of carboxylic acid groups (broad SMARTS) is 1. The number of rotatable bonds is 5. The number of allylic oxidation sites excluding steroid dienone is 1. The summed E-state index contributed by atoms with van der Waals surface area (Å²) in [5.41, 5.74) is 4.73. The summed E-state index contributed by atoms with van der Waals surface area (Å²) in [7, 11) is 1.52. The van der Waals surface area contributed by atoms with Gasteiger partial charge in [-0.1, -0.05) is 50.2 Å². The largest absolute Gasteiger partial charge is 0.493 e. The van der Waals surface area contributed by atoms with E-state index in [2.05, 4.69) is 43.4 Å². The van der Waals surface area contributed by atoms with Gasteiger partial charge in [0.15, 0.2) is 23.4 Å². The van der Waals surface area contributed by atoms with Gasteiger partial charge in [0.05, 0.1) is 13.2 Å². The third kappa shape index (κ3) is 4.03. The number of hydrogen-bond donors (Lipinski definition) is 2. The zero-order chi connectivity index (χ0) is 24.9. The van der Waals surface area contributed by atoms with Crippen molar-refractivity contribution in [1.82, 2.24) is 0 Å². The molecule has 2 N–H and O–H groups in total. The van der Waals surface area contributed by atoms with E-state index in [1.54, 1.807) is 6.07 Å². The third-order valence-electron chi connectivity index (χ3n) is 6.91. The van der Waals surface area contributed by atoms with E-state index in [1.165, 1.54) is 14.0 Å². The van der Waals surface area contributed by atoms with Crippen LogP contribution in [0.2, 0.25) is 0 Å². The van der Waals surface area contributed by atoms with Crippen LogP contribution < -0.4 is 14.8 Å². The summed E-state index contributed by atoms with van der Waals surface area (Å²) in [6.07, 6.45) is 0.277. The monoisotopic (exact) mass is 471 g/mol. The van der Waals surface area contributed by atoms with Gasteiger partial charge in [-0.3, -0.25) is 4.79 Å². The van der Waals surface area contributed by atoms with Gasteiger partial charge in [0.1, 0.15) is 0 Å². The van der Waals surface area contributed by atoms with Gasteiger partial charge in [-0.05, 0) is 58.9 Å². The summed E-state index contributed by atoms with van der Waals surface area (Å²) < 4.78 is 11.1. The zero-order valence-electron chi connectivity index (χ0n) is 20.3. The molecule has 0 unspecified atom stereocenters. The number of ketones is 1. The number of benzene rings is 3. The van der Waals surface area contributed by atoms with Crippen LogP contribution in [-0.4, -0.2) is 30.1 Å². The molecule has 0 bridgehead atoms. The Hall–Kier alpha value is -3.80. The minimum atomic E-state index is -1.06. The van der Waals surface area contributed by atoms with Crippen molar-refractivity contribution in [3.63, 3.8) is 0 Å². The van der Waals surface area contributed by atoms with Crippen molar-refractivity contribution < 1.29 is 24.2 Å². The van der Waals surface area contributed by atoms with Gasteiger partial charge in [-0.15, -0.1) is 0 Å². The molecule has 1 aliphatic heterocycles. The highest BCUT2D eigenvalue weighted by Gasteiger charge is 2.41. The summed E-state index contributed by atoms with van der Waals surface area (Å²) in [4.78, 5) is 24.9. The van der Waals surface area contributed by atoms with Crippen LogP contribution in [0.5, 0.6) is 11.5 Å². The number of ether oxygens (including phenoxy) is 2. The van der Waals surface area contributed by atoms with Crippen LogP contribution in [-0.2, 0) is 9.59 Å². The first kappa shape index (κ1) is 23.0. The molecule has 3 aromatic carbocycles. The molecule has 1 aliphatic carbocycles. The van der Waals surface area contributed by atoms with Gasteiger partial charge < -0.3 is 19.9 Å². The number of aliphatic carboxylic acids is 1. The molecule has 0 spiro atoms. The van der Waals surface area contributed by atoms with E-state index in [0.29, 0.717) is 17.9 Å². The first-order valence-electron chi connectivity index (χ1n) is 11.8. The van der Waals surface area contributed by atoms with E-state index in [1.807, 2.05) is 24.3 Å². The molecule has 0 aromatic heterocycles. The molecule has 180 valence electrons. The minimum Gasteiger partial charge on any atom is -0.493 e. The summed E-state index contributed by atoms with van der Waals surface area (Å²) >= 11 is 0. The average Bonchev–Trinajstić information content (AvgIpc) is 2.82. The molecule has 35 heavy (non-hydrogen) atoms. The fraction of sp³-hybridized carbons (Fsp3) is 0.310. The van der Waals surface area contributed by atoms with E-state index in [0.717, 1.165) is 45.2 Å². The van der Waals surface area contributed by atoms with Crippen molar-refractivity contribution in [2.75, 3.05) is 12.4 Å². The van der Waals surface area contributed by atoms with Crippen LogP contribution in [0.1, 0.15) is 50.8 Å². The SMILES string of the molecule is COc1cc([C@@H]2Nc3ccc4ccccc4c3C3=C2C(=O)CC(C)(C)C3)ccc1O[C@H](C)C(=O)O. The Labute approximate surface area is 204 Å². The van der Waals surface area contributed by atoms with Gasteiger partial charge in [0.25, 0.3) is 0 Å². The van der Waals surface area contributed by atoms with E-state index < -0.39 is 12.1 Å². The number of Topliss-reactive ketones (excluding diaryl/α,β-unsaturated/α-hetero) is 1. The van der Waals surface area contributed by atoms with E-state index in [9.17, 15) is 14.7 Å². The fourth-order valence-corrected chi connectivity index (χ4v) is 5.29. The number of nitrogens with one attached hydrogen (secondary N) is 1. The number of carbonyl (C=O) groups is 2. The Kier molecular flexibility index (Phi) is 5.55. The van der Waals surface area contributed by atoms with Crippen molar-refractivity contribution in [2.24, 2.45) is 5.41 Å². The Bertz CT molecular complexity index is 1390. The van der Waals surface area contributed by atoms with Crippen LogP contribution in [0.3, 0.4) is 0 Å². The summed E-state index contributed by atoms with van der Waals surface area (Å²) in [5, 5.41) is 15.1. The second-order valence-corrected chi connectivity index (χ2v) is 10.1. The molecular formula is C29H29NO5. The van der Waals surface area contributed by atoms with E-state index in [4.69, 9.17) is 9.47 Å². The normalized spacial score (nSPS) is 19.4. The van der Waals surface area contributed by atoms with Crippen LogP contribution in [0.25, 0.3) is 16.3 Å². The molecule has 0 radical (unpaired) electrons. The van der Waals surface area contributed by atoms with Crippen LogP contribution in [0, 0.1) is 5.41 Å². The maximum atomic E-state index is 13.6. The number of carbonyl (C=O) groups excluding carboxylic acids is 1. The maximum absolute atomic E-state index is 13.6. The highest BCUT2D eigenvalue weighted by molar-refractivity contribution is 6.12. The smallest absolute Gasteiger partial charge is 0.344 e. The topological polar surface area (TPSA) is 84.9 Å². The Morgan fingerprint density at radius 3 is 2.60 bits per heavy atom. The predicted molar refractivity (Wildman–Crippen MR) is 136 cm³/mol. The third-order valence-corrected chi connectivity index (χ3v) is 6.91. The molecule has 2 aliphatic rings. The van der Waals surface area contributed by atoms with Gasteiger partial charge in [-0.2, -0.15) is 0 Å². The van der Waals surface area contributed by atoms with Crippen molar-refractivity contribution in [1.29, 1.82) is 0 Å². The van der Waals surface area contributed by atoms with E-state index in [-0.39, 0.29) is 17.2 Å². The van der Waals surface area contributed by atoms with Crippen molar-refractivity contribution >= 4 is 33.8 Å². The number of methoxy groups -OCH3 is 1. The zero-order valence-corrected chi connectivity index (χ0v) is 20.3. The molecule has 6 nitrogen and oxygen atoms in total. The average molecular weight is 472 g/mol. The standard InChI is InChI=1S/C29H29NO5/c1-16(28(32)33)35-23-12-10-18(13-24(23)34-4)27-26-20(14-29(2,3)15-22(26)31)25-19-8-6-5-7-17(19)9-11-21(25)30-27/h5-13,16,27,30H,14-15H2,1-4H3,(H,32,33)/t16-,27+/m1/s1. The molecule has 0 fully saturated rings. The number of anilines is 1. The molecule has 0 amide bonds. The molecule has 1 heterocycles. The lowest BCUT2D eigenvalue weighted by molar-refractivity contribution is -0.144. The van der Waals surface area contributed by atoms with Gasteiger partial charge in [0, 0.05) is 23.2 Å². The van der Waals surface area contributed by atoms with Crippen LogP contribution in [0.4, 0.5) is 5.69 Å². The first-order valence-corrected chi connectivity index (χ1v) is 11.8. The Morgan fingerprint density at radius 2 is 1.86 bits per heavy atom. The predicted octanol–water partition coefficient (Wildman–Crippen LogP) is 6.01. The van der Waals surface area contributed by atoms with Crippen molar-refractivity contribution in [3.8, 4) is 11.5 Å². The van der Waals surface area contributed by atoms with Gasteiger partial charge >= 0.3 is 5.97 Å². The lowest BCUT2D eigenvalue weighted by Gasteiger charge is -2.40. The Balaban J connectivity index is 1.66. The molecule has 2 atom stereocenters. The van der Waals surface area contributed by atoms with Crippen LogP contribution >= 0.6 is 0 Å². The lowest BCUT2D eigenvalue weighted by Crippen LogP contribution is -2.33. The summed E-state index contributed by atoms with van der Waals surface area (Å²) in [6, 6.07) is 17.5. The van der Waals surface area contributed by atoms with Crippen molar-refractivity contribution in [2.45, 2.75) is 45.8 Å². The molecule has 6 heteroatoms. The molecule has 3 aromatic rings. The van der Waals surface area contributed by atoms with Crippen LogP contribution in [0.15, 0.2) is 60.2 Å². The van der Waals surface area contributed by atoms with Crippen molar-refractivity contribution in [3.05, 3.63) is 71.3 Å². The summed E-state index contributed by atoms with van der Waals surface area (Å²) in [6.45, 7) is 5.77. The van der Waals surface area contributed by atoms with E-state index >= 15 is 0 Å². The molecular weight excluding hydrogens is 442 g/mol. The number of carboxylic acids is 1. The van der Waals surface area contributed by atoms with Gasteiger partial charge in [0.2, 0.25) is 0 Å². The highest BCUT2D eigenvalue weighted by atomic mass is 16.5. The second-order valence-electron chi connectivity index (χ2n) is 10.1. The number of fused-ring (bicyclic) bond motifs is 4. The lowest BCUT2D eigenvalue weighted by atomic mass is 9.68. The maximum Gasteiger partial charge on any atom is 0.344 e. The fourth-order valence-electron chi connectivity index (χ4n) is 5.29. The molecule has 5 rings (SSSR count). The summed E-state index contributed by atoms with van der Waals surface area (Å²) in [5.74, 6) is -0.142. The highest BCUT2D eigenvalue weighted by Crippen LogP contribution is 2.52. The Morgan fingerprint density at radius 1 is 1.09 bits per heavy atom. The molecule has 0 saturated heterocycles.